The molecule has 1 aromatic carbocycles. The summed E-state index contributed by atoms with van der Waals surface area (Å²) in [6.07, 6.45) is 0.949. The number of rotatable bonds is 5. The van der Waals surface area contributed by atoms with E-state index in [2.05, 4.69) is 26.6 Å². The van der Waals surface area contributed by atoms with Crippen LogP contribution in [0.5, 0.6) is 0 Å². The van der Waals surface area contributed by atoms with Gasteiger partial charge in [0.15, 0.2) is 0 Å². The third kappa shape index (κ3) is 5.23. The number of amides is 3. The van der Waals surface area contributed by atoms with Gasteiger partial charge in [-0.1, -0.05) is 22.0 Å². The Kier molecular flexibility index (Phi) is 6.60. The summed E-state index contributed by atoms with van der Waals surface area (Å²) < 4.78 is 0.827. The number of aliphatic carboxylic acids is 1. The lowest BCUT2D eigenvalue weighted by Gasteiger charge is -2.30. The number of carboxylic acids is 1. The van der Waals surface area contributed by atoms with E-state index in [1.54, 1.807) is 23.1 Å². The zero-order valence-electron chi connectivity index (χ0n) is 13.1. The molecule has 3 amide bonds. The fourth-order valence-corrected chi connectivity index (χ4v) is 2.92. The molecule has 0 aliphatic carbocycles. The van der Waals surface area contributed by atoms with Gasteiger partial charge in [-0.3, -0.25) is 9.59 Å². The van der Waals surface area contributed by atoms with E-state index in [1.807, 2.05) is 6.07 Å². The maximum absolute atomic E-state index is 12.0. The molecule has 1 heterocycles. The fraction of sp³-hybridized carbons (Fsp3) is 0.438. The van der Waals surface area contributed by atoms with Gasteiger partial charge in [0.2, 0.25) is 0 Å². The Morgan fingerprint density at radius 1 is 1.17 bits per heavy atom. The number of piperidine rings is 1. The van der Waals surface area contributed by atoms with Crippen LogP contribution in [0, 0.1) is 5.92 Å². The normalized spacial score (nSPS) is 15.0. The summed E-state index contributed by atoms with van der Waals surface area (Å²) in [5, 5.41) is 14.4. The predicted octanol–water partition coefficient (Wildman–Crippen LogP) is 1.69. The van der Waals surface area contributed by atoms with Crippen LogP contribution in [0.15, 0.2) is 28.7 Å². The Morgan fingerprint density at radius 3 is 2.46 bits per heavy atom. The number of benzene rings is 1. The van der Waals surface area contributed by atoms with E-state index in [1.165, 1.54) is 0 Å². The van der Waals surface area contributed by atoms with Gasteiger partial charge in [-0.05, 0) is 31.0 Å². The van der Waals surface area contributed by atoms with Gasteiger partial charge in [0.1, 0.15) is 0 Å². The molecule has 0 atom stereocenters. The Balaban J connectivity index is 1.66. The van der Waals surface area contributed by atoms with Crippen LogP contribution in [0.1, 0.15) is 23.2 Å². The highest BCUT2D eigenvalue weighted by Gasteiger charge is 2.26. The molecule has 8 heteroatoms. The SMILES string of the molecule is O=C(NCCNC(=O)N1CCC(C(=O)O)CC1)c1cccc(Br)c1. The van der Waals surface area contributed by atoms with Crippen molar-refractivity contribution in [3.05, 3.63) is 34.3 Å². The van der Waals surface area contributed by atoms with Crippen molar-refractivity contribution in [2.24, 2.45) is 5.92 Å². The summed E-state index contributed by atoms with van der Waals surface area (Å²) in [5.41, 5.74) is 0.548. The standard InChI is InChI=1S/C16H20BrN3O4/c17-13-3-1-2-12(10-13)14(21)18-6-7-19-16(24)20-8-4-11(5-9-20)15(22)23/h1-3,10-11H,4-9H2,(H,18,21)(H,19,24)(H,22,23). The van der Waals surface area contributed by atoms with Gasteiger partial charge in [0.05, 0.1) is 5.92 Å². The average molecular weight is 398 g/mol. The fourth-order valence-electron chi connectivity index (χ4n) is 2.52. The van der Waals surface area contributed by atoms with Gasteiger partial charge >= 0.3 is 12.0 Å². The molecular formula is C16H20BrN3O4. The molecular weight excluding hydrogens is 378 g/mol. The monoisotopic (exact) mass is 397 g/mol. The van der Waals surface area contributed by atoms with Crippen LogP contribution < -0.4 is 10.6 Å². The van der Waals surface area contributed by atoms with Crippen LogP contribution in [-0.4, -0.2) is 54.1 Å². The summed E-state index contributed by atoms with van der Waals surface area (Å²) in [6, 6.07) is 6.83. The molecule has 1 aliphatic heterocycles. The van der Waals surface area contributed by atoms with E-state index in [-0.39, 0.29) is 17.9 Å². The number of nitrogens with zero attached hydrogens (tertiary/aromatic N) is 1. The molecule has 1 aliphatic rings. The van der Waals surface area contributed by atoms with Gasteiger partial charge in [-0.15, -0.1) is 0 Å². The minimum atomic E-state index is -0.801. The van der Waals surface area contributed by atoms with E-state index in [9.17, 15) is 14.4 Å². The quantitative estimate of drug-likeness (QED) is 0.658. The molecule has 3 N–H and O–H groups in total. The van der Waals surface area contributed by atoms with Crippen LogP contribution in [0.25, 0.3) is 0 Å². The number of carboxylic acid groups (broad SMARTS) is 1. The largest absolute Gasteiger partial charge is 0.481 e. The number of urea groups is 1. The minimum absolute atomic E-state index is 0.201. The molecule has 7 nitrogen and oxygen atoms in total. The molecule has 0 aromatic heterocycles. The maximum atomic E-state index is 12.0. The summed E-state index contributed by atoms with van der Waals surface area (Å²) in [6.45, 7) is 1.51. The van der Waals surface area contributed by atoms with Crippen molar-refractivity contribution in [2.75, 3.05) is 26.2 Å². The highest BCUT2D eigenvalue weighted by atomic mass is 79.9. The van der Waals surface area contributed by atoms with Crippen molar-refractivity contribution in [1.29, 1.82) is 0 Å². The zero-order chi connectivity index (χ0) is 17.5. The lowest BCUT2D eigenvalue weighted by molar-refractivity contribution is -0.143. The van der Waals surface area contributed by atoms with Crippen molar-refractivity contribution in [3.8, 4) is 0 Å². The average Bonchev–Trinajstić information content (AvgIpc) is 2.58. The lowest BCUT2D eigenvalue weighted by Crippen LogP contribution is -2.47. The number of carbonyl (C=O) groups is 3. The minimum Gasteiger partial charge on any atom is -0.481 e. The number of nitrogens with one attached hydrogen (secondary N) is 2. The third-order valence-corrected chi connectivity index (χ3v) is 4.40. The molecule has 0 spiro atoms. The topological polar surface area (TPSA) is 98.7 Å². The number of hydrogen-bond acceptors (Lipinski definition) is 3. The van der Waals surface area contributed by atoms with Crippen molar-refractivity contribution in [3.63, 3.8) is 0 Å². The van der Waals surface area contributed by atoms with E-state index in [0.717, 1.165) is 4.47 Å². The van der Waals surface area contributed by atoms with Crippen molar-refractivity contribution in [1.82, 2.24) is 15.5 Å². The van der Waals surface area contributed by atoms with E-state index < -0.39 is 5.97 Å². The first-order chi connectivity index (χ1) is 11.5. The predicted molar refractivity (Wildman–Crippen MR) is 91.8 cm³/mol. The first-order valence-corrected chi connectivity index (χ1v) is 8.56. The first-order valence-electron chi connectivity index (χ1n) is 7.76. The summed E-state index contributed by atoms with van der Waals surface area (Å²) in [4.78, 5) is 36.4. The molecule has 0 unspecified atom stereocenters. The summed E-state index contributed by atoms with van der Waals surface area (Å²) in [7, 11) is 0. The Bertz CT molecular complexity index is 615. The van der Waals surface area contributed by atoms with Crippen LogP contribution in [0.3, 0.4) is 0 Å². The second kappa shape index (κ2) is 8.68. The van der Waals surface area contributed by atoms with E-state index in [0.29, 0.717) is 44.6 Å². The van der Waals surface area contributed by atoms with Crippen LogP contribution in [0.4, 0.5) is 4.79 Å². The van der Waals surface area contributed by atoms with Gasteiger partial charge in [-0.2, -0.15) is 0 Å². The number of hydrogen-bond donors (Lipinski definition) is 3. The highest BCUT2D eigenvalue weighted by molar-refractivity contribution is 9.10. The first kappa shape index (κ1) is 18.3. The van der Waals surface area contributed by atoms with E-state index in [4.69, 9.17) is 5.11 Å². The molecule has 130 valence electrons. The smallest absolute Gasteiger partial charge is 0.317 e. The molecule has 0 radical (unpaired) electrons. The number of carbonyl (C=O) groups excluding carboxylic acids is 2. The number of likely N-dealkylation sites (tertiary alicyclic amines) is 1. The van der Waals surface area contributed by atoms with Crippen molar-refractivity contribution in [2.45, 2.75) is 12.8 Å². The number of halogens is 1. The summed E-state index contributed by atoms with van der Waals surface area (Å²) >= 11 is 3.31. The molecule has 1 saturated heterocycles. The van der Waals surface area contributed by atoms with Crippen molar-refractivity contribution >= 4 is 33.8 Å². The maximum Gasteiger partial charge on any atom is 0.317 e. The van der Waals surface area contributed by atoms with Crippen molar-refractivity contribution < 1.29 is 19.5 Å². The Hall–Kier alpha value is -2.09. The van der Waals surface area contributed by atoms with Gasteiger partial charge in [-0.25, -0.2) is 4.79 Å². The molecule has 0 bridgehead atoms. The second-order valence-corrected chi connectivity index (χ2v) is 6.51. The van der Waals surface area contributed by atoms with Gasteiger partial charge in [0.25, 0.3) is 5.91 Å². The summed E-state index contributed by atoms with van der Waals surface area (Å²) in [5.74, 6) is -1.36. The zero-order valence-corrected chi connectivity index (χ0v) is 14.7. The van der Waals surface area contributed by atoms with Crippen LogP contribution in [0.2, 0.25) is 0 Å². The molecule has 24 heavy (non-hydrogen) atoms. The molecule has 0 saturated carbocycles. The second-order valence-electron chi connectivity index (χ2n) is 5.60. The molecule has 2 rings (SSSR count). The third-order valence-electron chi connectivity index (χ3n) is 3.91. The van der Waals surface area contributed by atoms with Gasteiger partial charge in [0, 0.05) is 36.2 Å². The van der Waals surface area contributed by atoms with Crippen LogP contribution in [-0.2, 0) is 4.79 Å². The Morgan fingerprint density at radius 2 is 1.83 bits per heavy atom. The van der Waals surface area contributed by atoms with Crippen LogP contribution >= 0.6 is 15.9 Å². The van der Waals surface area contributed by atoms with Gasteiger partial charge < -0.3 is 20.6 Å². The van der Waals surface area contributed by atoms with E-state index >= 15 is 0 Å². The molecule has 1 fully saturated rings. The molecule has 1 aromatic rings. The Labute approximate surface area is 148 Å². The lowest BCUT2D eigenvalue weighted by atomic mass is 9.97. The highest BCUT2D eigenvalue weighted by Crippen LogP contribution is 2.17.